The maximum Gasteiger partial charge on any atom is 0.343 e. The first kappa shape index (κ1) is 24.5. The number of allylic oxidation sites excluding steroid dienone is 3. The Bertz CT molecular complexity index is 1390. The second-order valence-electron chi connectivity index (χ2n) is 8.92. The van der Waals surface area contributed by atoms with Crippen molar-refractivity contribution in [1.29, 1.82) is 0 Å². The summed E-state index contributed by atoms with van der Waals surface area (Å²) in [4.78, 5) is 39.9. The molecule has 190 valence electrons. The number of amides is 4. The van der Waals surface area contributed by atoms with E-state index in [1.54, 1.807) is 60.7 Å². The maximum atomic E-state index is 13.3. The average molecular weight is 521 g/mol. The fourth-order valence-electron chi connectivity index (χ4n) is 4.81. The molecular formula is C27H24N2O7S. The van der Waals surface area contributed by atoms with Crippen LogP contribution >= 0.6 is 0 Å². The Hall–Kier alpha value is -4.18. The first-order valence-corrected chi connectivity index (χ1v) is 13.3. The third-order valence-corrected chi connectivity index (χ3v) is 9.04. The molecule has 0 bridgehead atoms. The molecule has 10 heteroatoms. The molecule has 0 aromatic heterocycles. The number of aliphatic hydroxyl groups is 1. The van der Waals surface area contributed by atoms with Crippen LogP contribution in [0.4, 0.5) is 16.2 Å². The van der Waals surface area contributed by atoms with Gasteiger partial charge >= 0.3 is 6.03 Å². The summed E-state index contributed by atoms with van der Waals surface area (Å²) in [6, 6.07) is 15.5. The molecule has 1 saturated carbocycles. The smallest absolute Gasteiger partial charge is 0.343 e. The minimum Gasteiger partial charge on any atom is -0.480 e. The minimum absolute atomic E-state index is 0.271. The predicted octanol–water partition coefficient (Wildman–Crippen LogP) is 4.50. The zero-order valence-electron chi connectivity index (χ0n) is 19.7. The fourth-order valence-corrected chi connectivity index (χ4v) is 6.75. The molecule has 5 rings (SSSR count). The first-order chi connectivity index (χ1) is 17.8. The Kier molecular flexibility index (Phi) is 6.20. The van der Waals surface area contributed by atoms with Crippen molar-refractivity contribution in [3.8, 4) is 0 Å². The van der Waals surface area contributed by atoms with E-state index in [-0.39, 0.29) is 29.8 Å². The molecule has 1 N–H and O–H groups in total. The Labute approximate surface area is 213 Å². The van der Waals surface area contributed by atoms with Gasteiger partial charge in [-0.2, -0.15) is 0 Å². The van der Waals surface area contributed by atoms with E-state index in [9.17, 15) is 27.9 Å². The molecule has 0 atom stereocenters. The van der Waals surface area contributed by atoms with Crippen LogP contribution in [0.5, 0.6) is 0 Å². The summed E-state index contributed by atoms with van der Waals surface area (Å²) in [6.45, 7) is 0. The lowest BCUT2D eigenvalue weighted by molar-refractivity contribution is -0.121. The van der Waals surface area contributed by atoms with E-state index in [1.807, 2.05) is 0 Å². The maximum absolute atomic E-state index is 13.3. The molecule has 3 aliphatic rings. The van der Waals surface area contributed by atoms with E-state index in [2.05, 4.69) is 0 Å². The third kappa shape index (κ3) is 4.03. The molecule has 2 fully saturated rings. The number of hydrogen-bond donors (Lipinski definition) is 1. The van der Waals surface area contributed by atoms with Crippen LogP contribution in [0.25, 0.3) is 0 Å². The van der Waals surface area contributed by atoms with Gasteiger partial charge in [0.2, 0.25) is 14.8 Å². The van der Waals surface area contributed by atoms with Crippen LogP contribution in [-0.4, -0.2) is 36.3 Å². The van der Waals surface area contributed by atoms with Gasteiger partial charge in [-0.05, 0) is 49.3 Å². The van der Waals surface area contributed by atoms with E-state index in [0.717, 1.165) is 28.4 Å². The largest absolute Gasteiger partial charge is 0.480 e. The van der Waals surface area contributed by atoms with E-state index < -0.39 is 43.5 Å². The quantitative estimate of drug-likeness (QED) is 0.465. The van der Waals surface area contributed by atoms with Crippen molar-refractivity contribution in [2.75, 3.05) is 9.80 Å². The summed E-state index contributed by atoms with van der Waals surface area (Å²) in [6.07, 6.45) is 6.20. The van der Waals surface area contributed by atoms with Crippen LogP contribution in [0.2, 0.25) is 0 Å². The molecule has 2 aliphatic heterocycles. The summed E-state index contributed by atoms with van der Waals surface area (Å²) in [7, 11) is -4.00. The van der Waals surface area contributed by atoms with E-state index in [0.29, 0.717) is 12.8 Å². The van der Waals surface area contributed by atoms with Crippen LogP contribution in [-0.2, 0) is 24.2 Å². The molecule has 2 aromatic rings. The van der Waals surface area contributed by atoms with Crippen molar-refractivity contribution < 1.29 is 32.6 Å². The summed E-state index contributed by atoms with van der Waals surface area (Å²) in [5.41, 5.74) is 0.187. The van der Waals surface area contributed by atoms with Gasteiger partial charge in [0.15, 0.2) is 4.91 Å². The highest BCUT2D eigenvalue weighted by molar-refractivity contribution is 7.96. The van der Waals surface area contributed by atoms with E-state index in [1.165, 1.54) is 6.08 Å². The highest BCUT2D eigenvalue weighted by atomic mass is 32.2. The van der Waals surface area contributed by atoms with Gasteiger partial charge in [0.1, 0.15) is 5.57 Å². The lowest BCUT2D eigenvalue weighted by atomic mass is 9.97. The lowest BCUT2D eigenvalue weighted by Gasteiger charge is -2.33. The number of nitrogens with zero attached hydrogens (tertiary/aromatic N) is 2. The highest BCUT2D eigenvalue weighted by Crippen LogP contribution is 2.46. The number of imide groups is 2. The highest BCUT2D eigenvalue weighted by Gasteiger charge is 2.55. The van der Waals surface area contributed by atoms with Gasteiger partial charge in [-0.3, -0.25) is 9.59 Å². The van der Waals surface area contributed by atoms with E-state index >= 15 is 0 Å². The molecule has 1 spiro atoms. The molecule has 0 radical (unpaired) electrons. The number of hydrogen-bond acceptors (Lipinski definition) is 7. The SMILES string of the molecule is O=C1C(=CC=CC2=C(O)OC3(CCCCC3)S2(=O)=O)C(=O)N(c2ccccc2)C(=O)N1c1ccccc1. The number of anilines is 2. The zero-order valence-corrected chi connectivity index (χ0v) is 20.6. The Morgan fingerprint density at radius 1 is 0.811 bits per heavy atom. The second-order valence-corrected chi connectivity index (χ2v) is 11.1. The number of ether oxygens (including phenoxy) is 1. The molecule has 1 saturated heterocycles. The number of benzene rings is 2. The van der Waals surface area contributed by atoms with Crippen molar-refractivity contribution in [3.63, 3.8) is 0 Å². The van der Waals surface area contributed by atoms with Gasteiger partial charge in [-0.25, -0.2) is 23.0 Å². The fraction of sp³-hybridized carbons (Fsp3) is 0.222. The number of carbonyl (C=O) groups excluding carboxylic acids is 3. The Morgan fingerprint density at radius 3 is 1.84 bits per heavy atom. The third-order valence-electron chi connectivity index (χ3n) is 6.68. The van der Waals surface area contributed by atoms with Crippen LogP contribution in [0.3, 0.4) is 0 Å². The second kappa shape index (κ2) is 9.36. The summed E-state index contributed by atoms with van der Waals surface area (Å²) in [5, 5.41) is 10.3. The van der Waals surface area contributed by atoms with Crippen LogP contribution in [0.1, 0.15) is 32.1 Å². The monoisotopic (exact) mass is 520 g/mol. The Morgan fingerprint density at radius 2 is 1.32 bits per heavy atom. The van der Waals surface area contributed by atoms with Crippen molar-refractivity contribution in [3.05, 3.63) is 95.3 Å². The van der Waals surface area contributed by atoms with Gasteiger partial charge < -0.3 is 9.84 Å². The molecular weight excluding hydrogens is 496 g/mol. The molecule has 1 aliphatic carbocycles. The van der Waals surface area contributed by atoms with Gasteiger partial charge in [0, 0.05) is 12.8 Å². The van der Waals surface area contributed by atoms with Gasteiger partial charge in [-0.1, -0.05) is 48.9 Å². The number of carbonyl (C=O) groups is 3. The molecule has 9 nitrogen and oxygen atoms in total. The normalized spacial score (nSPS) is 21.2. The topological polar surface area (TPSA) is 121 Å². The number of para-hydroxylation sites is 2. The van der Waals surface area contributed by atoms with Crippen molar-refractivity contribution in [1.82, 2.24) is 0 Å². The number of aliphatic hydroxyl groups excluding tert-OH is 1. The van der Waals surface area contributed by atoms with E-state index in [4.69, 9.17) is 4.74 Å². The molecule has 37 heavy (non-hydrogen) atoms. The summed E-state index contributed by atoms with van der Waals surface area (Å²) >= 11 is 0. The van der Waals surface area contributed by atoms with Crippen LogP contribution in [0.15, 0.2) is 95.3 Å². The zero-order chi connectivity index (χ0) is 26.2. The van der Waals surface area contributed by atoms with Crippen LogP contribution < -0.4 is 9.80 Å². The summed E-state index contributed by atoms with van der Waals surface area (Å²) < 4.78 is 31.8. The van der Waals surface area contributed by atoms with Crippen molar-refractivity contribution >= 4 is 39.1 Å². The van der Waals surface area contributed by atoms with Gasteiger partial charge in [0.05, 0.1) is 11.4 Å². The molecule has 4 amide bonds. The molecule has 2 aromatic carbocycles. The van der Waals surface area contributed by atoms with Crippen molar-refractivity contribution in [2.45, 2.75) is 37.0 Å². The number of sulfone groups is 1. The standard InChI is InChI=1S/C27H24N2O7S/c30-23-21(15-10-16-22-25(32)36-27(37(22,34)35)17-8-3-9-18-27)24(31)29(20-13-6-2-7-14-20)26(33)28(23)19-11-4-1-5-12-19/h1-2,4-7,10-16,32H,3,8-9,17-18H2. The molecule has 0 unspecified atom stereocenters. The minimum atomic E-state index is -4.00. The average Bonchev–Trinajstić information content (AvgIpc) is 3.07. The lowest BCUT2D eigenvalue weighted by Crippen LogP contribution is -2.57. The van der Waals surface area contributed by atoms with Crippen LogP contribution in [0, 0.1) is 0 Å². The first-order valence-electron chi connectivity index (χ1n) is 11.8. The van der Waals surface area contributed by atoms with Gasteiger partial charge in [-0.15, -0.1) is 0 Å². The number of barbiturate groups is 1. The number of rotatable bonds is 4. The van der Waals surface area contributed by atoms with Crippen molar-refractivity contribution in [2.24, 2.45) is 0 Å². The Balaban J connectivity index is 1.52. The molecule has 2 heterocycles. The summed E-state index contributed by atoms with van der Waals surface area (Å²) in [5.74, 6) is -2.42. The number of urea groups is 1. The van der Waals surface area contributed by atoms with Gasteiger partial charge in [0.25, 0.3) is 17.8 Å². The predicted molar refractivity (Wildman–Crippen MR) is 136 cm³/mol.